The van der Waals surface area contributed by atoms with Gasteiger partial charge >= 0.3 is 0 Å². The molecular formula is C10H12BrNO. The highest BCUT2D eigenvalue weighted by Gasteiger charge is 2.07. The Morgan fingerprint density at radius 2 is 2.54 bits per heavy atom. The molecule has 0 radical (unpaired) electrons. The first-order chi connectivity index (χ1) is 8.04. The van der Waals surface area contributed by atoms with E-state index in [1.165, 1.54) is 6.07 Å². The molecule has 13 heavy (non-hydrogen) atoms. The Morgan fingerprint density at radius 1 is 1.77 bits per heavy atom. The highest BCUT2D eigenvalue weighted by molar-refractivity contribution is 9.10. The quantitative estimate of drug-likeness (QED) is 0.854. The van der Waals surface area contributed by atoms with Gasteiger partial charge in [-0.1, -0.05) is 22.0 Å². The van der Waals surface area contributed by atoms with Crippen molar-refractivity contribution in [2.45, 2.75) is 13.8 Å². The summed E-state index contributed by atoms with van der Waals surface area (Å²) < 4.78 is 36.4. The lowest BCUT2D eigenvalue weighted by Gasteiger charge is -2.05. The van der Waals surface area contributed by atoms with Crippen LogP contribution in [0.15, 0.2) is 22.7 Å². The van der Waals surface area contributed by atoms with Crippen molar-refractivity contribution in [3.63, 3.8) is 0 Å². The first-order valence-corrected chi connectivity index (χ1v) is 4.42. The number of carbonyl (C=O) groups excluding carboxylic acids is 1. The number of nitrogens with one attached hydrogen (secondary N) is 1. The minimum absolute atomic E-state index is 0.234. The van der Waals surface area contributed by atoms with Gasteiger partial charge in [-0.05, 0) is 31.5 Å². The second-order valence-electron chi connectivity index (χ2n) is 2.54. The molecule has 0 aliphatic heterocycles. The normalized spacial score (nSPS) is 17.5. The lowest BCUT2D eigenvalue weighted by molar-refractivity contribution is 0.0955. The highest BCUT2D eigenvalue weighted by Crippen LogP contribution is 2.15. The van der Waals surface area contributed by atoms with E-state index in [4.69, 9.17) is 6.85 Å². The summed E-state index contributed by atoms with van der Waals surface area (Å²) in [5.74, 6) is -0.755. The Hall–Kier alpha value is -0.830. The fourth-order valence-electron chi connectivity index (χ4n) is 0.963. The average Bonchev–Trinajstić information content (AvgIpc) is 2.19. The van der Waals surface area contributed by atoms with Crippen LogP contribution in [0.1, 0.15) is 29.6 Å². The van der Waals surface area contributed by atoms with Gasteiger partial charge in [-0.2, -0.15) is 0 Å². The van der Waals surface area contributed by atoms with E-state index >= 15 is 0 Å². The molecule has 70 valence electrons. The van der Waals surface area contributed by atoms with Gasteiger partial charge in [0.2, 0.25) is 0 Å². The predicted molar refractivity (Wildman–Crippen MR) is 56.9 cm³/mol. The first-order valence-electron chi connectivity index (χ1n) is 6.13. The molecule has 1 aromatic rings. The molecule has 1 amide bonds. The molecule has 0 saturated heterocycles. The van der Waals surface area contributed by atoms with Crippen LogP contribution in [0, 0.1) is 6.92 Å². The van der Waals surface area contributed by atoms with Gasteiger partial charge in [0.25, 0.3) is 5.91 Å². The van der Waals surface area contributed by atoms with E-state index in [1.54, 1.807) is 19.1 Å². The van der Waals surface area contributed by atoms with E-state index in [0.717, 1.165) is 0 Å². The maximum Gasteiger partial charge on any atom is 0.251 e. The lowest BCUT2D eigenvalue weighted by Crippen LogP contribution is -2.23. The molecule has 0 unspecified atom stereocenters. The lowest BCUT2D eigenvalue weighted by atomic mass is 10.1. The molecule has 2 nitrogen and oxygen atoms in total. The second-order valence-corrected chi connectivity index (χ2v) is 3.45. The molecule has 0 spiro atoms. The van der Waals surface area contributed by atoms with Crippen LogP contribution in [0.25, 0.3) is 0 Å². The molecule has 1 aromatic carbocycles. The predicted octanol–water partition coefficient (Wildman–Crippen LogP) is 2.51. The van der Waals surface area contributed by atoms with Gasteiger partial charge in [0.15, 0.2) is 0 Å². The third-order valence-electron chi connectivity index (χ3n) is 1.62. The summed E-state index contributed by atoms with van der Waals surface area (Å²) in [6.45, 7) is -3.99. The van der Waals surface area contributed by atoms with Crippen LogP contribution in [0.2, 0.25) is 0 Å². The zero-order chi connectivity index (χ0) is 14.1. The molecule has 3 heteroatoms. The van der Waals surface area contributed by atoms with Gasteiger partial charge in [0.05, 0.1) is 0 Å². The van der Waals surface area contributed by atoms with Crippen LogP contribution < -0.4 is 5.32 Å². The number of amides is 1. The minimum atomic E-state index is -2.91. The second kappa shape index (κ2) is 4.42. The van der Waals surface area contributed by atoms with Crippen LogP contribution in [0.3, 0.4) is 0 Å². The number of benzene rings is 1. The van der Waals surface area contributed by atoms with Crippen LogP contribution in [0.5, 0.6) is 0 Å². The Kier molecular flexibility index (Phi) is 1.75. The molecule has 0 atom stereocenters. The molecule has 0 bridgehead atoms. The monoisotopic (exact) mass is 246 g/mol. The zero-order valence-electron chi connectivity index (χ0n) is 12.0. The Labute approximate surface area is 93.5 Å². The molecule has 0 aromatic heterocycles. The summed E-state index contributed by atoms with van der Waals surface area (Å²) >= 11 is 3.20. The summed E-state index contributed by atoms with van der Waals surface area (Å²) in [6.07, 6.45) is 0. The molecule has 0 aliphatic carbocycles. The van der Waals surface area contributed by atoms with Gasteiger partial charge < -0.3 is 5.32 Å². The fourth-order valence-corrected chi connectivity index (χ4v) is 1.32. The van der Waals surface area contributed by atoms with Crippen LogP contribution in [0.4, 0.5) is 0 Å². The number of carbonyl (C=O) groups is 1. The molecule has 0 saturated carbocycles. The molecule has 0 heterocycles. The summed E-state index contributed by atoms with van der Waals surface area (Å²) in [5.41, 5.74) is 0.870. The number of hydrogen-bond donors (Lipinski definition) is 1. The summed E-state index contributed by atoms with van der Waals surface area (Å²) in [7, 11) is 0. The molecule has 1 N–H and O–H groups in total. The third kappa shape index (κ3) is 2.56. The minimum Gasteiger partial charge on any atom is -0.352 e. The van der Waals surface area contributed by atoms with E-state index in [9.17, 15) is 4.79 Å². The molecule has 0 fully saturated rings. The van der Waals surface area contributed by atoms with Crippen molar-refractivity contribution in [2.75, 3.05) is 6.50 Å². The smallest absolute Gasteiger partial charge is 0.251 e. The standard InChI is InChI=1S/C10H12BrNO/c1-3-12-10(13)9-6-8(11)5-4-7(9)2/h4-6H,3H2,1-2H3,(H,12,13)/i1D3,3D2. The van der Waals surface area contributed by atoms with Gasteiger partial charge in [0, 0.05) is 23.4 Å². The van der Waals surface area contributed by atoms with E-state index < -0.39 is 19.3 Å². The van der Waals surface area contributed by atoms with Crippen molar-refractivity contribution in [1.29, 1.82) is 0 Å². The highest BCUT2D eigenvalue weighted by atomic mass is 79.9. The summed E-state index contributed by atoms with van der Waals surface area (Å²) in [5, 5.41) is 1.89. The van der Waals surface area contributed by atoms with Crippen molar-refractivity contribution < 1.29 is 11.6 Å². The Bertz CT molecular complexity index is 472. The van der Waals surface area contributed by atoms with E-state index in [-0.39, 0.29) is 5.56 Å². The summed E-state index contributed by atoms with van der Waals surface area (Å²) in [6, 6.07) is 4.94. The molecular weight excluding hydrogens is 230 g/mol. The first kappa shape index (κ1) is 5.15. The number of rotatable bonds is 2. The molecule has 1 rings (SSSR count). The van der Waals surface area contributed by atoms with Crippen molar-refractivity contribution in [3.05, 3.63) is 33.8 Å². The van der Waals surface area contributed by atoms with Crippen LogP contribution in [-0.4, -0.2) is 12.4 Å². The Balaban J connectivity index is 3.00. The third-order valence-corrected chi connectivity index (χ3v) is 2.11. The van der Waals surface area contributed by atoms with Crippen LogP contribution >= 0.6 is 15.9 Å². The number of hydrogen-bond acceptors (Lipinski definition) is 1. The maximum atomic E-state index is 11.9. The Morgan fingerprint density at radius 3 is 3.23 bits per heavy atom. The van der Waals surface area contributed by atoms with E-state index in [0.29, 0.717) is 10.0 Å². The van der Waals surface area contributed by atoms with Gasteiger partial charge in [-0.25, -0.2) is 0 Å². The van der Waals surface area contributed by atoms with E-state index in [2.05, 4.69) is 15.9 Å². The van der Waals surface area contributed by atoms with Crippen molar-refractivity contribution in [1.82, 2.24) is 5.32 Å². The van der Waals surface area contributed by atoms with Crippen LogP contribution in [-0.2, 0) is 0 Å². The van der Waals surface area contributed by atoms with E-state index in [1.807, 2.05) is 5.32 Å². The van der Waals surface area contributed by atoms with Crippen molar-refractivity contribution >= 4 is 21.8 Å². The van der Waals surface area contributed by atoms with Gasteiger partial charge in [-0.15, -0.1) is 0 Å². The van der Waals surface area contributed by atoms with Gasteiger partial charge in [0.1, 0.15) is 0 Å². The SMILES string of the molecule is [2H]C([2H])([2H])C([2H])([2H])NC(=O)c1cc(Br)ccc1C. The number of aryl methyl sites for hydroxylation is 1. The topological polar surface area (TPSA) is 29.1 Å². The fraction of sp³-hybridized carbons (Fsp3) is 0.300. The molecule has 0 aliphatic rings. The van der Waals surface area contributed by atoms with Crippen molar-refractivity contribution in [2.24, 2.45) is 0 Å². The number of halogens is 1. The van der Waals surface area contributed by atoms with Gasteiger partial charge in [-0.3, -0.25) is 4.79 Å². The maximum absolute atomic E-state index is 11.9. The zero-order valence-corrected chi connectivity index (χ0v) is 8.60. The average molecular weight is 247 g/mol. The largest absolute Gasteiger partial charge is 0.352 e. The van der Waals surface area contributed by atoms with Crippen molar-refractivity contribution in [3.8, 4) is 0 Å². The summed E-state index contributed by atoms with van der Waals surface area (Å²) in [4.78, 5) is 11.9.